The number of benzene rings is 1. The molecule has 0 aromatic heterocycles. The van der Waals surface area contributed by atoms with Crippen molar-refractivity contribution >= 4 is 23.4 Å². The molecule has 114 valence electrons. The molecule has 0 radical (unpaired) electrons. The van der Waals surface area contributed by atoms with Gasteiger partial charge in [-0.25, -0.2) is 0 Å². The Hall–Kier alpha value is -1.75. The largest absolute Gasteiger partial charge is 0.482 e. The number of piperazine rings is 1. The Labute approximate surface area is 129 Å². The van der Waals surface area contributed by atoms with E-state index in [0.717, 1.165) is 5.56 Å². The van der Waals surface area contributed by atoms with Gasteiger partial charge in [0.15, 0.2) is 6.61 Å². The minimum atomic E-state index is -0.0872. The number of carbonyl (C=O) groups is 2. The predicted molar refractivity (Wildman–Crippen MR) is 80.5 cm³/mol. The number of hydrogen-bond acceptors (Lipinski definition) is 3. The molecule has 0 bridgehead atoms. The van der Waals surface area contributed by atoms with Crippen LogP contribution < -0.4 is 4.74 Å². The average Bonchev–Trinajstić information content (AvgIpc) is 2.48. The summed E-state index contributed by atoms with van der Waals surface area (Å²) < 4.78 is 5.50. The molecule has 0 atom stereocenters. The molecule has 1 saturated heterocycles. The van der Waals surface area contributed by atoms with Gasteiger partial charge in [-0.05, 0) is 24.6 Å². The Bertz CT molecular complexity index is 540. The molecule has 1 aromatic carbocycles. The molecule has 1 aliphatic heterocycles. The standard InChI is InChI=1S/C15H19ClN2O3/c1-11-3-4-13(16)14(9-11)21-10-15(20)18-7-5-17(6-8-18)12(2)19/h3-4,9H,5-8,10H2,1-2H3. The van der Waals surface area contributed by atoms with Gasteiger partial charge in [-0.3, -0.25) is 9.59 Å². The van der Waals surface area contributed by atoms with Crippen molar-refractivity contribution in [3.8, 4) is 5.75 Å². The van der Waals surface area contributed by atoms with Gasteiger partial charge < -0.3 is 14.5 Å². The van der Waals surface area contributed by atoms with Gasteiger partial charge in [-0.15, -0.1) is 0 Å². The first-order valence-corrected chi connectivity index (χ1v) is 7.27. The summed E-state index contributed by atoms with van der Waals surface area (Å²) in [6, 6.07) is 5.45. The molecular formula is C15H19ClN2O3. The Morgan fingerprint density at radius 3 is 2.43 bits per heavy atom. The van der Waals surface area contributed by atoms with E-state index in [2.05, 4.69) is 0 Å². The fourth-order valence-electron chi connectivity index (χ4n) is 2.22. The van der Waals surface area contributed by atoms with Gasteiger partial charge in [0.25, 0.3) is 5.91 Å². The van der Waals surface area contributed by atoms with Gasteiger partial charge in [0.05, 0.1) is 5.02 Å². The summed E-state index contributed by atoms with van der Waals surface area (Å²) in [6.07, 6.45) is 0. The summed E-state index contributed by atoms with van der Waals surface area (Å²) >= 11 is 6.03. The van der Waals surface area contributed by atoms with E-state index in [1.165, 1.54) is 0 Å². The second kappa shape index (κ2) is 6.80. The number of rotatable bonds is 3. The zero-order valence-electron chi connectivity index (χ0n) is 12.3. The normalized spacial score (nSPS) is 15.0. The fourth-order valence-corrected chi connectivity index (χ4v) is 2.39. The third-order valence-corrected chi connectivity index (χ3v) is 3.83. The van der Waals surface area contributed by atoms with Crippen LogP contribution in [0.4, 0.5) is 0 Å². The molecule has 0 aliphatic carbocycles. The van der Waals surface area contributed by atoms with Crippen LogP contribution in [-0.4, -0.2) is 54.4 Å². The molecule has 0 saturated carbocycles. The van der Waals surface area contributed by atoms with Crippen LogP contribution in [0.5, 0.6) is 5.75 Å². The van der Waals surface area contributed by atoms with E-state index >= 15 is 0 Å². The van der Waals surface area contributed by atoms with E-state index < -0.39 is 0 Å². The van der Waals surface area contributed by atoms with Crippen molar-refractivity contribution < 1.29 is 14.3 Å². The highest BCUT2D eigenvalue weighted by atomic mass is 35.5. The fraction of sp³-hybridized carbons (Fsp3) is 0.467. The highest BCUT2D eigenvalue weighted by molar-refractivity contribution is 6.32. The van der Waals surface area contributed by atoms with Gasteiger partial charge in [0.2, 0.25) is 5.91 Å². The molecule has 2 amide bonds. The Balaban J connectivity index is 1.85. The summed E-state index contributed by atoms with van der Waals surface area (Å²) in [7, 11) is 0. The number of carbonyl (C=O) groups excluding carboxylic acids is 2. The molecule has 1 heterocycles. The van der Waals surface area contributed by atoms with Crippen molar-refractivity contribution in [3.05, 3.63) is 28.8 Å². The first-order valence-electron chi connectivity index (χ1n) is 6.89. The highest BCUT2D eigenvalue weighted by Gasteiger charge is 2.22. The third kappa shape index (κ3) is 4.11. The van der Waals surface area contributed by atoms with Crippen LogP contribution in [0.1, 0.15) is 12.5 Å². The second-order valence-electron chi connectivity index (χ2n) is 5.11. The molecule has 2 rings (SSSR count). The number of halogens is 1. The van der Waals surface area contributed by atoms with Gasteiger partial charge in [0, 0.05) is 33.1 Å². The molecule has 1 fully saturated rings. The molecular weight excluding hydrogens is 292 g/mol. The second-order valence-corrected chi connectivity index (χ2v) is 5.52. The van der Waals surface area contributed by atoms with Crippen molar-refractivity contribution in [2.45, 2.75) is 13.8 Å². The molecule has 0 unspecified atom stereocenters. The van der Waals surface area contributed by atoms with E-state index in [1.807, 2.05) is 19.1 Å². The van der Waals surface area contributed by atoms with Crippen LogP contribution in [0, 0.1) is 6.92 Å². The van der Waals surface area contributed by atoms with Crippen LogP contribution in [0.15, 0.2) is 18.2 Å². The van der Waals surface area contributed by atoms with Gasteiger partial charge in [0.1, 0.15) is 5.75 Å². The Kier molecular flexibility index (Phi) is 5.07. The van der Waals surface area contributed by atoms with Crippen molar-refractivity contribution in [1.82, 2.24) is 9.80 Å². The number of hydrogen-bond donors (Lipinski definition) is 0. The van der Waals surface area contributed by atoms with Crippen LogP contribution in [-0.2, 0) is 9.59 Å². The molecule has 6 heteroatoms. The minimum Gasteiger partial charge on any atom is -0.482 e. The summed E-state index contributed by atoms with van der Waals surface area (Å²) in [5, 5.41) is 0.495. The molecule has 0 N–H and O–H groups in total. The number of amides is 2. The van der Waals surface area contributed by atoms with Crippen molar-refractivity contribution in [2.75, 3.05) is 32.8 Å². The topological polar surface area (TPSA) is 49.9 Å². The zero-order chi connectivity index (χ0) is 15.4. The maximum Gasteiger partial charge on any atom is 0.260 e. The van der Waals surface area contributed by atoms with Crippen LogP contribution in [0.25, 0.3) is 0 Å². The third-order valence-electron chi connectivity index (χ3n) is 3.52. The van der Waals surface area contributed by atoms with E-state index in [0.29, 0.717) is 37.0 Å². The number of aryl methyl sites for hydroxylation is 1. The monoisotopic (exact) mass is 310 g/mol. The van der Waals surface area contributed by atoms with Crippen LogP contribution in [0.3, 0.4) is 0 Å². The van der Waals surface area contributed by atoms with E-state index in [1.54, 1.807) is 22.8 Å². The highest BCUT2D eigenvalue weighted by Crippen LogP contribution is 2.25. The summed E-state index contributed by atoms with van der Waals surface area (Å²) in [6.45, 7) is 5.68. The Morgan fingerprint density at radius 2 is 1.81 bits per heavy atom. The number of ether oxygens (including phenoxy) is 1. The van der Waals surface area contributed by atoms with Gasteiger partial charge in [-0.2, -0.15) is 0 Å². The molecule has 5 nitrogen and oxygen atoms in total. The van der Waals surface area contributed by atoms with E-state index in [-0.39, 0.29) is 18.4 Å². The lowest BCUT2D eigenvalue weighted by molar-refractivity contribution is -0.139. The van der Waals surface area contributed by atoms with E-state index in [4.69, 9.17) is 16.3 Å². The zero-order valence-corrected chi connectivity index (χ0v) is 13.0. The smallest absolute Gasteiger partial charge is 0.260 e. The molecule has 1 aliphatic rings. The molecule has 1 aromatic rings. The first-order chi connectivity index (χ1) is 9.97. The SMILES string of the molecule is CC(=O)N1CCN(C(=O)COc2cc(C)ccc2Cl)CC1. The average molecular weight is 311 g/mol. The minimum absolute atomic E-state index is 0.0384. The summed E-state index contributed by atoms with van der Waals surface area (Å²) in [5.74, 6) is 0.480. The summed E-state index contributed by atoms with van der Waals surface area (Å²) in [4.78, 5) is 26.8. The predicted octanol–water partition coefficient (Wildman–Crippen LogP) is 1.72. The van der Waals surface area contributed by atoms with Crippen LogP contribution in [0.2, 0.25) is 5.02 Å². The van der Waals surface area contributed by atoms with Gasteiger partial charge in [-0.1, -0.05) is 17.7 Å². The van der Waals surface area contributed by atoms with Gasteiger partial charge >= 0.3 is 0 Å². The quantitative estimate of drug-likeness (QED) is 0.854. The maximum atomic E-state index is 12.1. The lowest BCUT2D eigenvalue weighted by Crippen LogP contribution is -2.51. The lowest BCUT2D eigenvalue weighted by Gasteiger charge is -2.34. The van der Waals surface area contributed by atoms with Crippen molar-refractivity contribution in [3.63, 3.8) is 0 Å². The Morgan fingerprint density at radius 1 is 1.19 bits per heavy atom. The first kappa shape index (κ1) is 15.6. The van der Waals surface area contributed by atoms with Crippen molar-refractivity contribution in [2.24, 2.45) is 0 Å². The lowest BCUT2D eigenvalue weighted by atomic mass is 10.2. The maximum absolute atomic E-state index is 12.1. The molecule has 21 heavy (non-hydrogen) atoms. The number of nitrogens with zero attached hydrogens (tertiary/aromatic N) is 2. The van der Waals surface area contributed by atoms with Crippen molar-refractivity contribution in [1.29, 1.82) is 0 Å². The van der Waals surface area contributed by atoms with E-state index in [9.17, 15) is 9.59 Å². The van der Waals surface area contributed by atoms with Crippen LogP contribution >= 0.6 is 11.6 Å². The summed E-state index contributed by atoms with van der Waals surface area (Å²) in [5.41, 5.74) is 1.02. The molecule has 0 spiro atoms.